The largest absolute Gasteiger partial charge is 0.339 e. The van der Waals surface area contributed by atoms with Crippen molar-refractivity contribution in [3.05, 3.63) is 52.2 Å². The number of benzene rings is 1. The van der Waals surface area contributed by atoms with E-state index in [4.69, 9.17) is 0 Å². The van der Waals surface area contributed by atoms with E-state index in [0.29, 0.717) is 30.8 Å². The van der Waals surface area contributed by atoms with E-state index >= 15 is 0 Å². The fourth-order valence-electron chi connectivity index (χ4n) is 2.20. The first-order valence-corrected chi connectivity index (χ1v) is 8.23. The molecule has 2 rings (SSSR count). The second kappa shape index (κ2) is 7.75. The molecule has 2 amide bonds. The summed E-state index contributed by atoms with van der Waals surface area (Å²) in [5.74, 6) is -0.0887. The van der Waals surface area contributed by atoms with Crippen LogP contribution in [0.1, 0.15) is 29.1 Å². The normalized spacial score (nSPS) is 10.3. The molecule has 22 heavy (non-hydrogen) atoms. The molecule has 0 atom stereocenters. The molecule has 116 valence electrons. The summed E-state index contributed by atoms with van der Waals surface area (Å²) in [5, 5.41) is 4.80. The van der Waals surface area contributed by atoms with Crippen LogP contribution >= 0.6 is 11.3 Å². The lowest BCUT2D eigenvalue weighted by atomic mass is 10.1. The van der Waals surface area contributed by atoms with Gasteiger partial charge in [0.25, 0.3) is 5.91 Å². The third kappa shape index (κ3) is 4.18. The Morgan fingerprint density at radius 3 is 2.55 bits per heavy atom. The number of nitrogens with one attached hydrogen (secondary N) is 1. The zero-order valence-corrected chi connectivity index (χ0v) is 13.7. The van der Waals surface area contributed by atoms with Gasteiger partial charge >= 0.3 is 0 Å². The van der Waals surface area contributed by atoms with Gasteiger partial charge in [0.15, 0.2) is 0 Å². The third-order valence-corrected chi connectivity index (χ3v) is 4.24. The minimum atomic E-state index is -0.0742. The summed E-state index contributed by atoms with van der Waals surface area (Å²) in [5.41, 5.74) is 1.25. The molecule has 2 aromatic rings. The molecule has 1 aromatic carbocycles. The molecule has 0 aliphatic rings. The number of anilines is 1. The molecule has 0 aliphatic carbocycles. The summed E-state index contributed by atoms with van der Waals surface area (Å²) in [6.45, 7) is 5.25. The van der Waals surface area contributed by atoms with Crippen LogP contribution in [0, 0.1) is 0 Å². The maximum absolute atomic E-state index is 12.3. The van der Waals surface area contributed by atoms with Crippen molar-refractivity contribution in [1.29, 1.82) is 0 Å². The molecule has 0 saturated heterocycles. The Balaban J connectivity index is 2.05. The van der Waals surface area contributed by atoms with Gasteiger partial charge < -0.3 is 10.2 Å². The van der Waals surface area contributed by atoms with Crippen LogP contribution in [-0.2, 0) is 11.2 Å². The maximum Gasteiger partial charge on any atom is 0.253 e. The lowest BCUT2D eigenvalue weighted by Crippen LogP contribution is -2.30. The van der Waals surface area contributed by atoms with Crippen LogP contribution in [0.25, 0.3) is 0 Å². The fraction of sp³-hybridized carbons (Fsp3) is 0.294. The molecule has 4 nitrogen and oxygen atoms in total. The van der Waals surface area contributed by atoms with E-state index in [1.54, 1.807) is 40.5 Å². The minimum Gasteiger partial charge on any atom is -0.339 e. The van der Waals surface area contributed by atoms with E-state index in [2.05, 4.69) is 5.32 Å². The molecule has 0 spiro atoms. The van der Waals surface area contributed by atoms with Crippen LogP contribution in [0.2, 0.25) is 0 Å². The number of amides is 2. The highest BCUT2D eigenvalue weighted by atomic mass is 32.1. The number of thiophene rings is 1. The second-order valence-corrected chi connectivity index (χ2v) is 5.89. The number of rotatable bonds is 6. The third-order valence-electron chi connectivity index (χ3n) is 3.36. The summed E-state index contributed by atoms with van der Waals surface area (Å²) in [6.07, 6.45) is 0.353. The molecule has 0 unspecified atom stereocenters. The van der Waals surface area contributed by atoms with Crippen LogP contribution in [0.3, 0.4) is 0 Å². The molecule has 0 bridgehead atoms. The van der Waals surface area contributed by atoms with Crippen molar-refractivity contribution in [2.45, 2.75) is 20.3 Å². The molecule has 0 aliphatic heterocycles. The molecule has 1 N–H and O–H groups in total. The topological polar surface area (TPSA) is 49.4 Å². The van der Waals surface area contributed by atoms with E-state index in [1.165, 1.54) is 0 Å². The molecule has 1 aromatic heterocycles. The Hall–Kier alpha value is -2.14. The molecule has 1 heterocycles. The SMILES string of the molecule is CCN(CC)C(=O)c1cccc(NC(=O)Cc2cccs2)c1. The maximum atomic E-state index is 12.3. The van der Waals surface area contributed by atoms with Crippen molar-refractivity contribution in [3.8, 4) is 0 Å². The Labute approximate surface area is 134 Å². The van der Waals surface area contributed by atoms with E-state index in [0.717, 1.165) is 4.88 Å². The number of hydrogen-bond acceptors (Lipinski definition) is 3. The predicted molar refractivity (Wildman–Crippen MR) is 90.3 cm³/mol. The average molecular weight is 316 g/mol. The van der Waals surface area contributed by atoms with Crippen molar-refractivity contribution in [3.63, 3.8) is 0 Å². The molecular weight excluding hydrogens is 296 g/mol. The number of hydrogen-bond donors (Lipinski definition) is 1. The minimum absolute atomic E-state index is 0.0145. The first-order valence-electron chi connectivity index (χ1n) is 7.35. The van der Waals surface area contributed by atoms with Gasteiger partial charge in [-0.2, -0.15) is 0 Å². The number of carbonyl (C=O) groups is 2. The number of nitrogens with zero attached hydrogens (tertiary/aromatic N) is 1. The van der Waals surface area contributed by atoms with Gasteiger partial charge in [-0.05, 0) is 43.5 Å². The van der Waals surface area contributed by atoms with Gasteiger partial charge in [-0.3, -0.25) is 9.59 Å². The first kappa shape index (κ1) is 16.2. The van der Waals surface area contributed by atoms with E-state index in [-0.39, 0.29) is 11.8 Å². The molecule has 0 fully saturated rings. The van der Waals surface area contributed by atoms with Crippen LogP contribution in [-0.4, -0.2) is 29.8 Å². The lowest BCUT2D eigenvalue weighted by molar-refractivity contribution is -0.115. The second-order valence-electron chi connectivity index (χ2n) is 4.86. The van der Waals surface area contributed by atoms with Gasteiger partial charge in [0.2, 0.25) is 5.91 Å². The van der Waals surface area contributed by atoms with Crippen molar-refractivity contribution >= 4 is 28.8 Å². The van der Waals surface area contributed by atoms with E-state index < -0.39 is 0 Å². The van der Waals surface area contributed by atoms with Gasteiger partial charge in [-0.1, -0.05) is 12.1 Å². The fourth-order valence-corrected chi connectivity index (χ4v) is 2.90. The van der Waals surface area contributed by atoms with Gasteiger partial charge in [-0.15, -0.1) is 11.3 Å². The molecular formula is C17H20N2O2S. The molecule has 0 radical (unpaired) electrons. The Bertz CT molecular complexity index is 634. The van der Waals surface area contributed by atoms with Gasteiger partial charge in [0, 0.05) is 29.2 Å². The zero-order valence-electron chi connectivity index (χ0n) is 12.8. The van der Waals surface area contributed by atoms with Crippen LogP contribution in [0.4, 0.5) is 5.69 Å². The van der Waals surface area contributed by atoms with Crippen molar-refractivity contribution in [1.82, 2.24) is 4.90 Å². The smallest absolute Gasteiger partial charge is 0.253 e. The molecule has 0 saturated carbocycles. The Kier molecular flexibility index (Phi) is 5.72. The average Bonchev–Trinajstić information content (AvgIpc) is 3.01. The highest BCUT2D eigenvalue weighted by molar-refractivity contribution is 7.10. The summed E-state index contributed by atoms with van der Waals surface area (Å²) in [7, 11) is 0. The number of carbonyl (C=O) groups excluding carboxylic acids is 2. The molecule has 5 heteroatoms. The summed E-state index contributed by atoms with van der Waals surface area (Å²) < 4.78 is 0. The highest BCUT2D eigenvalue weighted by Crippen LogP contribution is 2.15. The van der Waals surface area contributed by atoms with E-state index in [1.807, 2.05) is 31.4 Å². The summed E-state index contributed by atoms with van der Waals surface area (Å²) >= 11 is 1.56. The lowest BCUT2D eigenvalue weighted by Gasteiger charge is -2.19. The van der Waals surface area contributed by atoms with Crippen molar-refractivity contribution in [2.24, 2.45) is 0 Å². The summed E-state index contributed by atoms with van der Waals surface area (Å²) in [6, 6.07) is 11.0. The van der Waals surface area contributed by atoms with Gasteiger partial charge in [0.1, 0.15) is 0 Å². The van der Waals surface area contributed by atoms with Crippen LogP contribution in [0.15, 0.2) is 41.8 Å². The van der Waals surface area contributed by atoms with Crippen LogP contribution in [0.5, 0.6) is 0 Å². The van der Waals surface area contributed by atoms with Crippen molar-refractivity contribution < 1.29 is 9.59 Å². The quantitative estimate of drug-likeness (QED) is 0.888. The van der Waals surface area contributed by atoms with Gasteiger partial charge in [-0.25, -0.2) is 0 Å². The van der Waals surface area contributed by atoms with Crippen molar-refractivity contribution in [2.75, 3.05) is 18.4 Å². The van der Waals surface area contributed by atoms with Crippen LogP contribution < -0.4 is 5.32 Å². The first-order chi connectivity index (χ1) is 10.6. The standard InChI is InChI=1S/C17H20N2O2S/c1-3-19(4-2)17(21)13-7-5-8-14(11-13)18-16(20)12-15-9-6-10-22-15/h5-11H,3-4,12H2,1-2H3,(H,18,20). The zero-order chi connectivity index (χ0) is 15.9. The Morgan fingerprint density at radius 1 is 1.14 bits per heavy atom. The van der Waals surface area contributed by atoms with Gasteiger partial charge in [0.05, 0.1) is 6.42 Å². The summed E-state index contributed by atoms with van der Waals surface area (Å²) in [4.78, 5) is 27.1. The predicted octanol–water partition coefficient (Wildman–Crippen LogP) is 3.41. The van der Waals surface area contributed by atoms with E-state index in [9.17, 15) is 9.59 Å². The Morgan fingerprint density at radius 2 is 1.91 bits per heavy atom. The monoisotopic (exact) mass is 316 g/mol. The highest BCUT2D eigenvalue weighted by Gasteiger charge is 2.13.